The van der Waals surface area contributed by atoms with Crippen LogP contribution in [0.5, 0.6) is 0 Å². The van der Waals surface area contributed by atoms with E-state index in [1.54, 1.807) is 5.57 Å². The summed E-state index contributed by atoms with van der Waals surface area (Å²) >= 11 is 0. The maximum absolute atomic E-state index is 8.81. The van der Waals surface area contributed by atoms with E-state index in [0.29, 0.717) is 5.41 Å². The first kappa shape index (κ1) is 14.5. The van der Waals surface area contributed by atoms with E-state index >= 15 is 0 Å². The van der Waals surface area contributed by atoms with Crippen LogP contribution in [-0.4, -0.2) is 6.29 Å². The van der Waals surface area contributed by atoms with Crippen LogP contribution in [0.4, 0.5) is 0 Å². The Labute approximate surface area is 107 Å². The maximum atomic E-state index is 8.81. The molecule has 1 nitrogen and oxygen atoms in total. The minimum Gasteiger partial charge on any atom is -0.304 e. The molecule has 3 atom stereocenters. The normalized spacial score (nSPS) is 34.9. The molecule has 0 N–H and O–H groups in total. The summed E-state index contributed by atoms with van der Waals surface area (Å²) in [7, 11) is 0. The van der Waals surface area contributed by atoms with Gasteiger partial charge in [-0.3, -0.25) is 0 Å². The average molecular weight is 236 g/mol. The quantitative estimate of drug-likeness (QED) is 0.443. The number of aldehydes is 1. The first-order valence-corrected chi connectivity index (χ1v) is 7.02. The summed E-state index contributed by atoms with van der Waals surface area (Å²) < 4.78 is 0. The molecule has 0 aliphatic heterocycles. The standard InChI is InChI=1S/C14H24.C2H4O/c1-10-7-8-12-6-5-9-14(3,4)13(12)11(10)2;1-2-3/h8,10-11,13H,5-7,9H2,1-4H3;2H,1H3/t10-,11?,13?;/m0./s1. The highest BCUT2D eigenvalue weighted by Crippen LogP contribution is 2.51. The van der Waals surface area contributed by atoms with Crippen molar-refractivity contribution in [2.45, 2.75) is 60.3 Å². The lowest BCUT2D eigenvalue weighted by atomic mass is 9.57. The molecule has 2 unspecified atom stereocenters. The molecule has 0 aromatic carbocycles. The van der Waals surface area contributed by atoms with Crippen molar-refractivity contribution < 1.29 is 4.79 Å². The van der Waals surface area contributed by atoms with Crippen molar-refractivity contribution >= 4 is 6.29 Å². The van der Waals surface area contributed by atoms with Crippen molar-refractivity contribution in [1.29, 1.82) is 0 Å². The molecule has 0 amide bonds. The molecule has 1 heteroatoms. The fourth-order valence-electron chi connectivity index (χ4n) is 3.72. The van der Waals surface area contributed by atoms with E-state index in [0.717, 1.165) is 24.0 Å². The summed E-state index contributed by atoms with van der Waals surface area (Å²) in [6.45, 7) is 11.3. The zero-order valence-electron chi connectivity index (χ0n) is 12.1. The second-order valence-corrected chi connectivity index (χ2v) is 6.41. The minimum absolute atomic E-state index is 0.554. The third-order valence-corrected chi connectivity index (χ3v) is 4.70. The van der Waals surface area contributed by atoms with E-state index < -0.39 is 0 Å². The Kier molecular flexibility index (Phi) is 4.97. The number of carbonyl (C=O) groups is 1. The molecule has 2 aliphatic rings. The Morgan fingerprint density at radius 2 is 1.94 bits per heavy atom. The molecule has 0 bridgehead atoms. The Morgan fingerprint density at radius 3 is 2.53 bits per heavy atom. The number of rotatable bonds is 0. The van der Waals surface area contributed by atoms with E-state index in [1.807, 2.05) is 0 Å². The van der Waals surface area contributed by atoms with Crippen molar-refractivity contribution in [3.05, 3.63) is 11.6 Å². The lowest BCUT2D eigenvalue weighted by Crippen LogP contribution is -2.38. The molecule has 2 aliphatic carbocycles. The smallest absolute Gasteiger partial charge is 0.116 e. The Bertz CT molecular complexity index is 288. The summed E-state index contributed by atoms with van der Waals surface area (Å²) in [6, 6.07) is 0. The van der Waals surface area contributed by atoms with Gasteiger partial charge in [0, 0.05) is 0 Å². The number of hydrogen-bond donors (Lipinski definition) is 0. The molecule has 0 aromatic heterocycles. The molecule has 1 saturated carbocycles. The summed E-state index contributed by atoms with van der Waals surface area (Å²) in [5.41, 5.74) is 2.34. The molecule has 17 heavy (non-hydrogen) atoms. The van der Waals surface area contributed by atoms with Gasteiger partial charge in [0.2, 0.25) is 0 Å². The predicted octanol–water partition coefficient (Wildman–Crippen LogP) is 4.62. The zero-order chi connectivity index (χ0) is 13.1. The van der Waals surface area contributed by atoms with Crippen LogP contribution in [0.25, 0.3) is 0 Å². The molecule has 0 aromatic rings. The number of hydrogen-bond acceptors (Lipinski definition) is 1. The third-order valence-electron chi connectivity index (χ3n) is 4.70. The van der Waals surface area contributed by atoms with Crippen molar-refractivity contribution in [3.8, 4) is 0 Å². The third kappa shape index (κ3) is 3.20. The fraction of sp³-hybridized carbons (Fsp3) is 0.812. The van der Waals surface area contributed by atoms with Crippen LogP contribution in [-0.2, 0) is 4.79 Å². The SMILES string of the molecule is CC1C2C(=CC[C@@H]1C)CCCC2(C)C.CC=O. The lowest BCUT2D eigenvalue weighted by Gasteiger charge is -2.48. The molecule has 1 fully saturated rings. The van der Waals surface area contributed by atoms with E-state index in [-0.39, 0.29) is 0 Å². The van der Waals surface area contributed by atoms with Crippen LogP contribution in [0.2, 0.25) is 0 Å². The van der Waals surface area contributed by atoms with Gasteiger partial charge in [-0.2, -0.15) is 0 Å². The summed E-state index contributed by atoms with van der Waals surface area (Å²) in [5, 5.41) is 0. The predicted molar refractivity (Wildman–Crippen MR) is 73.9 cm³/mol. The molecule has 0 radical (unpaired) electrons. The van der Waals surface area contributed by atoms with Crippen molar-refractivity contribution in [3.63, 3.8) is 0 Å². The first-order valence-electron chi connectivity index (χ1n) is 7.02. The summed E-state index contributed by atoms with van der Waals surface area (Å²) in [6.07, 6.45) is 8.84. The lowest BCUT2D eigenvalue weighted by molar-refractivity contribution is -0.106. The molecule has 0 saturated heterocycles. The van der Waals surface area contributed by atoms with Gasteiger partial charge in [0.1, 0.15) is 6.29 Å². The number of carbonyl (C=O) groups excluding carboxylic acids is 1. The first-order chi connectivity index (χ1) is 7.94. The van der Waals surface area contributed by atoms with Crippen LogP contribution in [0, 0.1) is 23.2 Å². The Morgan fingerprint density at radius 1 is 1.35 bits per heavy atom. The second-order valence-electron chi connectivity index (χ2n) is 6.41. The Balaban J connectivity index is 0.000000437. The van der Waals surface area contributed by atoms with Crippen LogP contribution in [0.1, 0.15) is 60.3 Å². The van der Waals surface area contributed by atoms with E-state index in [1.165, 1.54) is 32.6 Å². The van der Waals surface area contributed by atoms with Crippen molar-refractivity contribution in [2.24, 2.45) is 23.2 Å². The molecular formula is C16H28O. The van der Waals surface area contributed by atoms with Gasteiger partial charge >= 0.3 is 0 Å². The van der Waals surface area contributed by atoms with Gasteiger partial charge in [0.05, 0.1) is 0 Å². The molecular weight excluding hydrogens is 208 g/mol. The van der Waals surface area contributed by atoms with Crippen LogP contribution in [0.3, 0.4) is 0 Å². The monoisotopic (exact) mass is 236 g/mol. The Hall–Kier alpha value is -0.590. The zero-order valence-corrected chi connectivity index (χ0v) is 12.1. The van der Waals surface area contributed by atoms with Gasteiger partial charge in [-0.25, -0.2) is 0 Å². The maximum Gasteiger partial charge on any atom is 0.116 e. The van der Waals surface area contributed by atoms with Gasteiger partial charge in [0.25, 0.3) is 0 Å². The molecule has 0 heterocycles. The van der Waals surface area contributed by atoms with Crippen LogP contribution >= 0.6 is 0 Å². The van der Waals surface area contributed by atoms with Crippen LogP contribution < -0.4 is 0 Å². The van der Waals surface area contributed by atoms with Gasteiger partial charge < -0.3 is 4.79 Å². The van der Waals surface area contributed by atoms with Crippen LogP contribution in [0.15, 0.2) is 11.6 Å². The van der Waals surface area contributed by atoms with Gasteiger partial charge in [-0.15, -0.1) is 0 Å². The van der Waals surface area contributed by atoms with Gasteiger partial charge in [-0.1, -0.05) is 39.3 Å². The van der Waals surface area contributed by atoms with Gasteiger partial charge in [-0.05, 0) is 55.8 Å². The summed E-state index contributed by atoms with van der Waals surface area (Å²) in [5.74, 6) is 2.66. The largest absolute Gasteiger partial charge is 0.304 e. The topological polar surface area (TPSA) is 17.1 Å². The van der Waals surface area contributed by atoms with Gasteiger partial charge in [0.15, 0.2) is 0 Å². The highest BCUT2D eigenvalue weighted by atomic mass is 16.1. The van der Waals surface area contributed by atoms with E-state index in [2.05, 4.69) is 33.8 Å². The van der Waals surface area contributed by atoms with Crippen molar-refractivity contribution in [2.75, 3.05) is 0 Å². The minimum atomic E-state index is 0.554. The second kappa shape index (κ2) is 5.84. The van der Waals surface area contributed by atoms with Crippen molar-refractivity contribution in [1.82, 2.24) is 0 Å². The number of fused-ring (bicyclic) bond motifs is 1. The number of allylic oxidation sites excluding steroid dienone is 2. The highest BCUT2D eigenvalue weighted by Gasteiger charge is 2.41. The highest BCUT2D eigenvalue weighted by molar-refractivity contribution is 5.44. The van der Waals surface area contributed by atoms with E-state index in [9.17, 15) is 0 Å². The average Bonchev–Trinajstić information content (AvgIpc) is 2.23. The molecule has 2 rings (SSSR count). The molecule has 0 spiro atoms. The van der Waals surface area contributed by atoms with E-state index in [4.69, 9.17) is 4.79 Å². The summed E-state index contributed by atoms with van der Waals surface area (Å²) in [4.78, 5) is 8.81. The fourth-order valence-corrected chi connectivity index (χ4v) is 3.72. The molecule has 98 valence electrons.